The first-order valence-corrected chi connectivity index (χ1v) is 10.9. The van der Waals surface area contributed by atoms with E-state index in [1.165, 1.54) is 11.6 Å². The zero-order chi connectivity index (χ0) is 23.5. The van der Waals surface area contributed by atoms with E-state index in [1.807, 2.05) is 0 Å². The van der Waals surface area contributed by atoms with E-state index in [0.717, 1.165) is 6.08 Å². The monoisotopic (exact) mass is 570 g/mol. The van der Waals surface area contributed by atoms with E-state index in [-0.39, 0.29) is 12.5 Å². The SMILES string of the molecule is CC(C)(/C=C/C(=O)NO)[C@@H](OC(=O)Nc1ccc2c(c1)OCO2)c1cc(Br)cc(Br)c1O. The maximum Gasteiger partial charge on any atom is 0.412 e. The molecule has 1 atom stereocenters. The Kier molecular flexibility index (Phi) is 7.32. The molecular weight excluding hydrogens is 552 g/mol. The van der Waals surface area contributed by atoms with Crippen LogP contribution in [0.1, 0.15) is 25.5 Å². The Labute approximate surface area is 200 Å². The Balaban J connectivity index is 1.91. The van der Waals surface area contributed by atoms with Gasteiger partial charge < -0.3 is 19.3 Å². The summed E-state index contributed by atoms with van der Waals surface area (Å²) in [7, 11) is 0. The molecule has 9 nitrogen and oxygen atoms in total. The molecule has 1 aliphatic rings. The van der Waals surface area contributed by atoms with E-state index in [9.17, 15) is 14.7 Å². The Hall–Kier alpha value is -2.76. The van der Waals surface area contributed by atoms with Gasteiger partial charge in [0.15, 0.2) is 11.5 Å². The molecule has 1 heterocycles. The van der Waals surface area contributed by atoms with Crippen LogP contribution in [-0.2, 0) is 9.53 Å². The van der Waals surface area contributed by atoms with Gasteiger partial charge in [0.05, 0.1) is 4.47 Å². The molecule has 2 aromatic carbocycles. The first kappa shape index (κ1) is 23.9. The van der Waals surface area contributed by atoms with Gasteiger partial charge in [-0.1, -0.05) is 35.9 Å². The number of amides is 2. The average molecular weight is 572 g/mol. The molecule has 4 N–H and O–H groups in total. The highest BCUT2D eigenvalue weighted by molar-refractivity contribution is 9.11. The Morgan fingerprint density at radius 1 is 1.19 bits per heavy atom. The number of ether oxygens (including phenoxy) is 3. The third-order valence-corrected chi connectivity index (χ3v) is 5.70. The molecule has 0 spiro atoms. The Morgan fingerprint density at radius 3 is 2.62 bits per heavy atom. The van der Waals surface area contributed by atoms with Crippen molar-refractivity contribution in [3.63, 3.8) is 0 Å². The molecule has 2 amide bonds. The number of phenolic OH excluding ortho intramolecular Hbond substituents is 1. The standard InChI is InChI=1S/C21H20Br2N2O7/c1-21(2,6-5-17(26)25-29)19(13-7-11(22)8-14(23)18(13)27)32-20(28)24-12-3-4-15-16(9-12)31-10-30-15/h3-9,19,27,29H,10H2,1-2H3,(H,24,28)(H,25,26)/b6-5+/t19-/m0/s1. The fraction of sp³-hybridized carbons (Fsp3) is 0.238. The summed E-state index contributed by atoms with van der Waals surface area (Å²) in [5.41, 5.74) is 1.25. The summed E-state index contributed by atoms with van der Waals surface area (Å²) < 4.78 is 17.3. The molecule has 170 valence electrons. The number of fused-ring (bicyclic) bond motifs is 1. The number of carbonyl (C=O) groups excluding carboxylic acids is 2. The lowest BCUT2D eigenvalue weighted by molar-refractivity contribution is -0.124. The van der Waals surface area contributed by atoms with Gasteiger partial charge >= 0.3 is 6.09 Å². The number of carbonyl (C=O) groups is 2. The molecule has 0 radical (unpaired) electrons. The number of hydrogen-bond donors (Lipinski definition) is 4. The van der Waals surface area contributed by atoms with Crippen LogP contribution in [-0.4, -0.2) is 29.1 Å². The van der Waals surface area contributed by atoms with Gasteiger partial charge in [0.1, 0.15) is 11.9 Å². The normalized spacial score (nSPS) is 13.7. The number of benzene rings is 2. The van der Waals surface area contributed by atoms with Gasteiger partial charge in [-0.25, -0.2) is 10.3 Å². The first-order valence-electron chi connectivity index (χ1n) is 9.29. The molecule has 0 unspecified atom stereocenters. The molecule has 11 heteroatoms. The Morgan fingerprint density at radius 2 is 1.91 bits per heavy atom. The topological polar surface area (TPSA) is 126 Å². The largest absolute Gasteiger partial charge is 0.506 e. The maximum absolute atomic E-state index is 12.8. The second kappa shape index (κ2) is 9.80. The molecule has 1 aliphatic heterocycles. The number of hydrogen-bond acceptors (Lipinski definition) is 7. The van der Waals surface area contributed by atoms with Crippen molar-refractivity contribution in [3.8, 4) is 17.2 Å². The first-order chi connectivity index (χ1) is 15.1. The van der Waals surface area contributed by atoms with Crippen LogP contribution in [0.15, 0.2) is 51.4 Å². The van der Waals surface area contributed by atoms with Gasteiger partial charge in [-0.15, -0.1) is 0 Å². The van der Waals surface area contributed by atoms with E-state index in [2.05, 4.69) is 37.2 Å². The maximum atomic E-state index is 12.8. The minimum atomic E-state index is -1.02. The minimum Gasteiger partial charge on any atom is -0.506 e. The lowest BCUT2D eigenvalue weighted by Crippen LogP contribution is -2.28. The highest BCUT2D eigenvalue weighted by Gasteiger charge is 2.35. The van der Waals surface area contributed by atoms with Crippen molar-refractivity contribution in [2.24, 2.45) is 5.41 Å². The molecule has 0 aromatic heterocycles. The predicted molar refractivity (Wildman–Crippen MR) is 122 cm³/mol. The number of aromatic hydroxyl groups is 1. The molecule has 32 heavy (non-hydrogen) atoms. The number of phenols is 1. The van der Waals surface area contributed by atoms with Crippen LogP contribution in [0, 0.1) is 5.41 Å². The average Bonchev–Trinajstić information content (AvgIpc) is 3.20. The summed E-state index contributed by atoms with van der Waals surface area (Å²) >= 11 is 6.64. The summed E-state index contributed by atoms with van der Waals surface area (Å²) in [6, 6.07) is 8.15. The summed E-state index contributed by atoms with van der Waals surface area (Å²) in [6.07, 6.45) is 0.757. The Bertz CT molecular complexity index is 1070. The molecule has 0 bridgehead atoms. The van der Waals surface area contributed by atoms with Crippen LogP contribution >= 0.6 is 31.9 Å². The van der Waals surface area contributed by atoms with Crippen LogP contribution in [0.2, 0.25) is 0 Å². The smallest absolute Gasteiger partial charge is 0.412 e. The van der Waals surface area contributed by atoms with E-state index in [1.54, 1.807) is 44.2 Å². The van der Waals surface area contributed by atoms with Crippen LogP contribution in [0.3, 0.4) is 0 Å². The van der Waals surface area contributed by atoms with Crippen molar-refractivity contribution in [1.82, 2.24) is 5.48 Å². The van der Waals surface area contributed by atoms with Crippen molar-refractivity contribution >= 4 is 49.5 Å². The summed E-state index contributed by atoms with van der Waals surface area (Å²) in [6.45, 7) is 3.52. The van der Waals surface area contributed by atoms with E-state index in [0.29, 0.717) is 31.7 Å². The fourth-order valence-electron chi connectivity index (χ4n) is 3.05. The molecule has 3 rings (SSSR count). The number of rotatable bonds is 6. The van der Waals surface area contributed by atoms with Gasteiger partial charge in [0.25, 0.3) is 5.91 Å². The van der Waals surface area contributed by atoms with E-state index in [4.69, 9.17) is 19.4 Å². The van der Waals surface area contributed by atoms with Crippen LogP contribution in [0.5, 0.6) is 17.2 Å². The van der Waals surface area contributed by atoms with Gasteiger partial charge in [0.2, 0.25) is 6.79 Å². The molecular formula is C21H20Br2N2O7. The quantitative estimate of drug-likeness (QED) is 0.218. The van der Waals surface area contributed by atoms with Crippen molar-refractivity contribution in [1.29, 1.82) is 0 Å². The fourth-order valence-corrected chi connectivity index (χ4v) is 4.30. The van der Waals surface area contributed by atoms with E-state index < -0.39 is 23.5 Å². The van der Waals surface area contributed by atoms with Crippen LogP contribution < -0.4 is 20.3 Å². The van der Waals surface area contributed by atoms with Gasteiger partial charge in [-0.3, -0.25) is 15.3 Å². The molecule has 2 aromatic rings. The second-order valence-corrected chi connectivity index (χ2v) is 9.20. The van der Waals surface area contributed by atoms with Crippen LogP contribution in [0.4, 0.5) is 10.5 Å². The minimum absolute atomic E-state index is 0.101. The van der Waals surface area contributed by atoms with Gasteiger partial charge in [0, 0.05) is 33.3 Å². The summed E-state index contributed by atoms with van der Waals surface area (Å²) in [5.74, 6) is 0.189. The van der Waals surface area contributed by atoms with Crippen molar-refractivity contribution in [2.75, 3.05) is 12.1 Å². The third-order valence-electron chi connectivity index (χ3n) is 4.63. The molecule has 0 saturated carbocycles. The van der Waals surface area contributed by atoms with Crippen LogP contribution in [0.25, 0.3) is 0 Å². The number of anilines is 1. The number of halogens is 2. The lowest BCUT2D eigenvalue weighted by Gasteiger charge is -2.32. The van der Waals surface area contributed by atoms with Crippen molar-refractivity contribution in [3.05, 3.63) is 57.0 Å². The zero-order valence-electron chi connectivity index (χ0n) is 17.0. The van der Waals surface area contributed by atoms with Gasteiger partial charge in [-0.2, -0.15) is 0 Å². The third kappa shape index (κ3) is 5.53. The number of nitrogens with one attached hydrogen (secondary N) is 2. The summed E-state index contributed by atoms with van der Waals surface area (Å²) in [5, 5.41) is 22.0. The summed E-state index contributed by atoms with van der Waals surface area (Å²) in [4.78, 5) is 24.3. The molecule has 0 aliphatic carbocycles. The molecule has 0 saturated heterocycles. The highest BCUT2D eigenvalue weighted by atomic mass is 79.9. The predicted octanol–water partition coefficient (Wildman–Crippen LogP) is 5.02. The van der Waals surface area contributed by atoms with E-state index >= 15 is 0 Å². The van der Waals surface area contributed by atoms with Crippen molar-refractivity contribution in [2.45, 2.75) is 20.0 Å². The molecule has 0 fully saturated rings. The van der Waals surface area contributed by atoms with Gasteiger partial charge in [-0.05, 0) is 40.2 Å². The highest BCUT2D eigenvalue weighted by Crippen LogP contribution is 2.45. The second-order valence-electron chi connectivity index (χ2n) is 7.43. The zero-order valence-corrected chi connectivity index (χ0v) is 20.2. The number of hydroxylamine groups is 1. The van der Waals surface area contributed by atoms with Crippen molar-refractivity contribution < 1.29 is 34.1 Å². The lowest BCUT2D eigenvalue weighted by atomic mass is 9.81.